The number of hydrogen-bond donors (Lipinski definition) is 1. The van der Waals surface area contributed by atoms with E-state index in [-0.39, 0.29) is 29.6 Å². The van der Waals surface area contributed by atoms with Gasteiger partial charge in [-0.15, -0.1) is 0 Å². The van der Waals surface area contributed by atoms with Crippen molar-refractivity contribution in [1.82, 2.24) is 4.90 Å². The predicted molar refractivity (Wildman–Crippen MR) is 119 cm³/mol. The second-order valence-corrected chi connectivity index (χ2v) is 8.35. The quantitative estimate of drug-likeness (QED) is 0.542. The Kier molecular flexibility index (Phi) is 6.04. The Morgan fingerprint density at radius 1 is 1.17 bits per heavy atom. The van der Waals surface area contributed by atoms with Crippen LogP contribution in [0.15, 0.2) is 57.4 Å². The Bertz CT molecular complexity index is 1080. The van der Waals surface area contributed by atoms with Crippen LogP contribution in [0.1, 0.15) is 36.1 Å². The van der Waals surface area contributed by atoms with Gasteiger partial charge in [-0.05, 0) is 36.8 Å². The lowest BCUT2D eigenvalue weighted by molar-refractivity contribution is -0.124. The van der Waals surface area contributed by atoms with Crippen molar-refractivity contribution in [1.29, 1.82) is 0 Å². The molecule has 1 aliphatic heterocycles. The highest BCUT2D eigenvalue weighted by atomic mass is 79.9. The first-order valence-electron chi connectivity index (χ1n) is 9.88. The Morgan fingerprint density at radius 2 is 1.90 bits per heavy atom. The number of nitrogens with zero attached hydrogens (tertiary/aromatic N) is 1. The molecule has 4 rings (SSSR count). The molecule has 2 aromatic carbocycles. The van der Waals surface area contributed by atoms with Crippen LogP contribution in [0, 0.1) is 0 Å². The third-order valence-corrected chi connectivity index (χ3v) is 5.96. The summed E-state index contributed by atoms with van der Waals surface area (Å²) in [4.78, 5) is 27.2. The molecule has 2 atom stereocenters. The molecule has 1 fully saturated rings. The monoisotopic (exact) mass is 470 g/mol. The molecular formula is C23H23BrN2O4. The first-order chi connectivity index (χ1) is 14.4. The minimum atomic E-state index is -0.389. The van der Waals surface area contributed by atoms with E-state index in [1.807, 2.05) is 49.4 Å². The average molecular weight is 471 g/mol. The van der Waals surface area contributed by atoms with Crippen molar-refractivity contribution in [3.63, 3.8) is 0 Å². The number of ketones is 1. The summed E-state index contributed by atoms with van der Waals surface area (Å²) in [5.74, 6) is -0.234. The number of rotatable bonds is 5. The van der Waals surface area contributed by atoms with E-state index in [1.54, 1.807) is 6.07 Å². The molecule has 1 saturated heterocycles. The van der Waals surface area contributed by atoms with Gasteiger partial charge in [0.05, 0.1) is 24.4 Å². The maximum absolute atomic E-state index is 13.1. The molecule has 3 aromatic rings. The van der Waals surface area contributed by atoms with Gasteiger partial charge < -0.3 is 14.5 Å². The molecule has 1 aromatic heterocycles. The van der Waals surface area contributed by atoms with Crippen molar-refractivity contribution in [2.75, 3.05) is 25.0 Å². The van der Waals surface area contributed by atoms with E-state index in [0.29, 0.717) is 31.0 Å². The van der Waals surface area contributed by atoms with E-state index >= 15 is 0 Å². The second kappa shape index (κ2) is 8.71. The number of amides is 1. The number of para-hydroxylation sites is 1. The van der Waals surface area contributed by atoms with E-state index in [2.05, 4.69) is 26.1 Å². The normalized spacial score (nSPS) is 18.3. The lowest BCUT2D eigenvalue weighted by Crippen LogP contribution is -2.48. The van der Waals surface area contributed by atoms with Gasteiger partial charge >= 0.3 is 0 Å². The number of anilines is 1. The van der Waals surface area contributed by atoms with Gasteiger partial charge in [-0.1, -0.05) is 40.2 Å². The summed E-state index contributed by atoms with van der Waals surface area (Å²) >= 11 is 3.45. The Hall–Kier alpha value is -2.48. The topological polar surface area (TPSA) is 71.8 Å². The fourth-order valence-corrected chi connectivity index (χ4v) is 3.98. The number of furan rings is 1. The lowest BCUT2D eigenvalue weighted by Gasteiger charge is -2.36. The summed E-state index contributed by atoms with van der Waals surface area (Å²) < 4.78 is 12.6. The van der Waals surface area contributed by atoms with Crippen molar-refractivity contribution < 1.29 is 18.7 Å². The maximum Gasteiger partial charge on any atom is 0.241 e. The zero-order valence-electron chi connectivity index (χ0n) is 16.9. The van der Waals surface area contributed by atoms with Gasteiger partial charge in [-0.25, -0.2) is 0 Å². The van der Waals surface area contributed by atoms with Crippen LogP contribution in [0.3, 0.4) is 0 Å². The molecule has 2 heterocycles. The van der Waals surface area contributed by atoms with E-state index < -0.39 is 0 Å². The molecule has 2 unspecified atom stereocenters. The van der Waals surface area contributed by atoms with E-state index in [4.69, 9.17) is 9.15 Å². The van der Waals surface area contributed by atoms with Gasteiger partial charge in [0, 0.05) is 29.9 Å². The summed E-state index contributed by atoms with van der Waals surface area (Å²) in [6.45, 7) is 5.12. The zero-order chi connectivity index (χ0) is 21.3. The van der Waals surface area contributed by atoms with Gasteiger partial charge in [-0.3, -0.25) is 14.5 Å². The van der Waals surface area contributed by atoms with Crippen molar-refractivity contribution in [3.8, 4) is 0 Å². The molecule has 0 saturated carbocycles. The number of hydrogen-bond acceptors (Lipinski definition) is 5. The highest BCUT2D eigenvalue weighted by Gasteiger charge is 2.30. The highest BCUT2D eigenvalue weighted by molar-refractivity contribution is 9.10. The standard InChI is InChI=1S/C23H23BrN2O4/c1-14(26-11-12-29-20(13-26)16-7-9-17(24)10-8-16)23(28)25-21-18-5-3-4-6-19(18)30-22(21)15(2)27/h3-10,14,20H,11-13H2,1-2H3,(H,25,28). The molecule has 6 nitrogen and oxygen atoms in total. The number of benzene rings is 2. The molecule has 0 bridgehead atoms. The second-order valence-electron chi connectivity index (χ2n) is 7.43. The van der Waals surface area contributed by atoms with Crippen LogP contribution >= 0.6 is 15.9 Å². The third-order valence-electron chi connectivity index (χ3n) is 5.43. The summed E-state index contributed by atoms with van der Waals surface area (Å²) in [5, 5.41) is 3.65. The molecule has 156 valence electrons. The average Bonchev–Trinajstić information content (AvgIpc) is 3.12. The summed E-state index contributed by atoms with van der Waals surface area (Å²) in [5.41, 5.74) is 2.09. The Labute approximate surface area is 183 Å². The van der Waals surface area contributed by atoms with Crippen LogP contribution in [0.2, 0.25) is 0 Å². The number of fused-ring (bicyclic) bond motifs is 1. The molecule has 0 spiro atoms. The first kappa shape index (κ1) is 20.8. The van der Waals surface area contributed by atoms with Crippen molar-refractivity contribution in [3.05, 3.63) is 64.3 Å². The zero-order valence-corrected chi connectivity index (χ0v) is 18.4. The molecule has 1 aliphatic rings. The van der Waals surface area contributed by atoms with Crippen LogP contribution in [0.4, 0.5) is 5.69 Å². The van der Waals surface area contributed by atoms with E-state index in [1.165, 1.54) is 6.92 Å². The first-order valence-corrected chi connectivity index (χ1v) is 10.7. The van der Waals surface area contributed by atoms with Crippen LogP contribution in [0.5, 0.6) is 0 Å². The van der Waals surface area contributed by atoms with Gasteiger partial charge in [0.1, 0.15) is 5.58 Å². The Morgan fingerprint density at radius 3 is 2.63 bits per heavy atom. The molecule has 1 N–H and O–H groups in total. The molecule has 1 amide bonds. The summed E-state index contributed by atoms with van der Waals surface area (Å²) in [6, 6.07) is 14.9. The number of ether oxygens (including phenoxy) is 1. The maximum atomic E-state index is 13.1. The Balaban J connectivity index is 1.51. The van der Waals surface area contributed by atoms with Gasteiger partial charge in [0.15, 0.2) is 11.5 Å². The fourth-order valence-electron chi connectivity index (χ4n) is 3.71. The van der Waals surface area contributed by atoms with Crippen molar-refractivity contribution >= 4 is 44.3 Å². The minimum Gasteiger partial charge on any atom is -0.451 e. The summed E-state index contributed by atoms with van der Waals surface area (Å²) in [6.07, 6.45) is -0.0929. The van der Waals surface area contributed by atoms with Crippen molar-refractivity contribution in [2.24, 2.45) is 0 Å². The molecule has 30 heavy (non-hydrogen) atoms. The summed E-state index contributed by atoms with van der Waals surface area (Å²) in [7, 11) is 0. The molecule has 0 aliphatic carbocycles. The number of Topliss-reactive ketones (excluding diaryl/α,β-unsaturated/α-hetero) is 1. The van der Waals surface area contributed by atoms with Crippen LogP contribution in [-0.4, -0.2) is 42.3 Å². The largest absolute Gasteiger partial charge is 0.451 e. The number of halogens is 1. The highest BCUT2D eigenvalue weighted by Crippen LogP contribution is 2.32. The number of nitrogens with one attached hydrogen (secondary N) is 1. The fraction of sp³-hybridized carbons (Fsp3) is 0.304. The third kappa shape index (κ3) is 4.19. The minimum absolute atomic E-state index is 0.0929. The number of carbonyl (C=O) groups excluding carboxylic acids is 2. The smallest absolute Gasteiger partial charge is 0.241 e. The molecular weight excluding hydrogens is 448 g/mol. The van der Waals surface area contributed by atoms with Gasteiger partial charge in [0.2, 0.25) is 5.91 Å². The van der Waals surface area contributed by atoms with Crippen LogP contribution in [0.25, 0.3) is 11.0 Å². The van der Waals surface area contributed by atoms with E-state index in [9.17, 15) is 9.59 Å². The lowest BCUT2D eigenvalue weighted by atomic mass is 10.1. The molecule has 7 heteroatoms. The van der Waals surface area contributed by atoms with Gasteiger partial charge in [-0.2, -0.15) is 0 Å². The van der Waals surface area contributed by atoms with Crippen molar-refractivity contribution in [2.45, 2.75) is 26.0 Å². The number of carbonyl (C=O) groups is 2. The molecule has 0 radical (unpaired) electrons. The number of morpholine rings is 1. The van der Waals surface area contributed by atoms with Crippen LogP contribution in [-0.2, 0) is 9.53 Å². The predicted octanol–water partition coefficient (Wildman–Crippen LogP) is 4.80. The van der Waals surface area contributed by atoms with Gasteiger partial charge in [0.25, 0.3) is 0 Å². The van der Waals surface area contributed by atoms with E-state index in [0.717, 1.165) is 15.4 Å². The van der Waals surface area contributed by atoms with Crippen LogP contribution < -0.4 is 5.32 Å². The SMILES string of the molecule is CC(=O)c1oc2ccccc2c1NC(=O)C(C)N1CCOC(c2ccc(Br)cc2)C1.